The first-order valence-corrected chi connectivity index (χ1v) is 7.20. The Hall–Kier alpha value is -1.41. The van der Waals surface area contributed by atoms with E-state index < -0.39 is 22.0 Å². The van der Waals surface area contributed by atoms with E-state index in [1.54, 1.807) is 0 Å². The minimum atomic E-state index is -3.80. The second kappa shape index (κ2) is 5.07. The number of carbonyl (C=O) groups is 1. The van der Waals surface area contributed by atoms with Gasteiger partial charge in [-0.25, -0.2) is 13.4 Å². The molecular weight excluding hydrogens is 258 g/mol. The number of aromatic nitrogens is 2. The van der Waals surface area contributed by atoms with Gasteiger partial charge in [0.2, 0.25) is 0 Å². The Bertz CT molecular complexity index is 511. The minimum Gasteiger partial charge on any atom is -0.480 e. The second-order valence-electron chi connectivity index (χ2n) is 4.23. The highest BCUT2D eigenvalue weighted by Gasteiger charge is 2.37. The number of imidazole rings is 1. The third-order valence-electron chi connectivity index (χ3n) is 3.05. The maximum atomic E-state index is 12.3. The van der Waals surface area contributed by atoms with Crippen molar-refractivity contribution >= 4 is 16.0 Å². The van der Waals surface area contributed by atoms with Gasteiger partial charge in [-0.3, -0.25) is 4.79 Å². The summed E-state index contributed by atoms with van der Waals surface area (Å²) in [6.45, 7) is 0.234. The predicted octanol–water partition coefficient (Wildman–Crippen LogP) is 0.428. The van der Waals surface area contributed by atoms with Crippen LogP contribution in [-0.4, -0.2) is 46.4 Å². The lowest BCUT2D eigenvalue weighted by atomic mass is 10.1. The molecule has 1 aliphatic heterocycles. The van der Waals surface area contributed by atoms with Gasteiger partial charge in [0.05, 0.1) is 12.5 Å². The fraction of sp³-hybridized carbons (Fsp3) is 0.600. The highest BCUT2D eigenvalue weighted by Crippen LogP contribution is 2.23. The Morgan fingerprint density at radius 3 is 2.83 bits per heavy atom. The van der Waals surface area contributed by atoms with E-state index >= 15 is 0 Å². The van der Waals surface area contributed by atoms with Gasteiger partial charge in [0, 0.05) is 6.54 Å². The average Bonchev–Trinajstić information content (AvgIpc) is 2.73. The van der Waals surface area contributed by atoms with Crippen LogP contribution < -0.4 is 0 Å². The molecule has 7 nitrogen and oxygen atoms in total. The number of rotatable bonds is 3. The van der Waals surface area contributed by atoms with Crippen molar-refractivity contribution in [2.45, 2.75) is 36.8 Å². The van der Waals surface area contributed by atoms with E-state index in [0.717, 1.165) is 17.1 Å². The van der Waals surface area contributed by atoms with Crippen LogP contribution in [0.4, 0.5) is 0 Å². The monoisotopic (exact) mass is 273 g/mol. The van der Waals surface area contributed by atoms with Crippen LogP contribution in [0.2, 0.25) is 0 Å². The maximum Gasteiger partial charge on any atom is 0.322 e. The molecular formula is C10H15N3O4S. The number of aromatic amines is 1. The van der Waals surface area contributed by atoms with Gasteiger partial charge in [-0.2, -0.15) is 4.31 Å². The van der Waals surface area contributed by atoms with E-state index in [2.05, 4.69) is 9.97 Å². The van der Waals surface area contributed by atoms with Crippen LogP contribution in [0.15, 0.2) is 17.6 Å². The highest BCUT2D eigenvalue weighted by atomic mass is 32.2. The van der Waals surface area contributed by atoms with Gasteiger partial charge in [0.25, 0.3) is 10.0 Å². The van der Waals surface area contributed by atoms with Crippen LogP contribution >= 0.6 is 0 Å². The van der Waals surface area contributed by atoms with Crippen LogP contribution in [0.25, 0.3) is 0 Å². The molecule has 0 spiro atoms. The Morgan fingerprint density at radius 1 is 1.44 bits per heavy atom. The Labute approximate surface area is 105 Å². The van der Waals surface area contributed by atoms with E-state index in [9.17, 15) is 13.2 Å². The van der Waals surface area contributed by atoms with Gasteiger partial charge >= 0.3 is 5.97 Å². The van der Waals surface area contributed by atoms with Crippen molar-refractivity contribution in [1.29, 1.82) is 0 Å². The number of H-pyrrole nitrogens is 1. The zero-order chi connectivity index (χ0) is 13.2. The summed E-state index contributed by atoms with van der Waals surface area (Å²) in [6.07, 6.45) is 5.06. The van der Waals surface area contributed by atoms with Crippen LogP contribution in [0.3, 0.4) is 0 Å². The SMILES string of the molecule is O=C(O)C1CCCCCN1S(=O)(=O)c1cnc[nH]1. The quantitative estimate of drug-likeness (QED) is 0.831. The molecule has 0 saturated carbocycles. The largest absolute Gasteiger partial charge is 0.480 e. The lowest BCUT2D eigenvalue weighted by Gasteiger charge is -2.25. The second-order valence-corrected chi connectivity index (χ2v) is 6.09. The summed E-state index contributed by atoms with van der Waals surface area (Å²) in [5.41, 5.74) is 0. The van der Waals surface area contributed by atoms with Crippen molar-refractivity contribution in [3.05, 3.63) is 12.5 Å². The smallest absolute Gasteiger partial charge is 0.322 e. The molecule has 0 bridgehead atoms. The predicted molar refractivity (Wildman–Crippen MR) is 62.4 cm³/mol. The molecule has 2 heterocycles. The first-order valence-electron chi connectivity index (χ1n) is 5.76. The molecule has 0 aliphatic carbocycles. The summed E-state index contributed by atoms with van der Waals surface area (Å²) in [7, 11) is -3.80. The standard InChI is InChI=1S/C10H15N3O4S/c14-10(15)8-4-2-1-3-5-13(8)18(16,17)9-6-11-7-12-9/h6-8H,1-5H2,(H,11,12)(H,14,15). The summed E-state index contributed by atoms with van der Waals surface area (Å²) in [5.74, 6) is -1.10. The van der Waals surface area contributed by atoms with Crippen molar-refractivity contribution in [2.75, 3.05) is 6.54 Å². The first-order chi connectivity index (χ1) is 8.53. The third-order valence-corrected chi connectivity index (χ3v) is 4.88. The van der Waals surface area contributed by atoms with Crippen LogP contribution in [0.5, 0.6) is 0 Å². The first kappa shape index (κ1) is 13.0. The van der Waals surface area contributed by atoms with Gasteiger partial charge in [-0.15, -0.1) is 0 Å². The lowest BCUT2D eigenvalue weighted by molar-refractivity contribution is -0.141. The number of carboxylic acid groups (broad SMARTS) is 1. The Balaban J connectivity index is 2.36. The number of hydrogen-bond acceptors (Lipinski definition) is 4. The molecule has 1 saturated heterocycles. The molecule has 2 rings (SSSR count). The van der Waals surface area contributed by atoms with Gasteiger partial charge < -0.3 is 10.1 Å². The van der Waals surface area contributed by atoms with Crippen molar-refractivity contribution in [1.82, 2.24) is 14.3 Å². The van der Waals surface area contributed by atoms with E-state index in [0.29, 0.717) is 12.8 Å². The fourth-order valence-electron chi connectivity index (χ4n) is 2.13. The molecule has 0 radical (unpaired) electrons. The zero-order valence-corrected chi connectivity index (χ0v) is 10.6. The molecule has 2 N–H and O–H groups in total. The molecule has 1 aromatic heterocycles. The summed E-state index contributed by atoms with van der Waals surface area (Å²) in [4.78, 5) is 17.4. The maximum absolute atomic E-state index is 12.3. The minimum absolute atomic E-state index is 0.0596. The summed E-state index contributed by atoms with van der Waals surface area (Å²) in [5, 5.41) is 9.10. The van der Waals surface area contributed by atoms with Crippen LogP contribution in [0.1, 0.15) is 25.7 Å². The molecule has 8 heteroatoms. The normalized spacial score (nSPS) is 22.6. The number of nitrogens with one attached hydrogen (secondary N) is 1. The third kappa shape index (κ3) is 2.39. The summed E-state index contributed by atoms with van der Waals surface area (Å²) >= 11 is 0. The van der Waals surface area contributed by atoms with E-state index in [4.69, 9.17) is 5.11 Å². The molecule has 1 aliphatic rings. The molecule has 0 aromatic carbocycles. The van der Waals surface area contributed by atoms with Crippen molar-refractivity contribution in [3.63, 3.8) is 0 Å². The zero-order valence-electron chi connectivity index (χ0n) is 9.74. The molecule has 100 valence electrons. The molecule has 1 unspecified atom stereocenters. The van der Waals surface area contributed by atoms with Gasteiger partial charge in [0.15, 0.2) is 5.03 Å². The number of hydrogen-bond donors (Lipinski definition) is 2. The molecule has 1 aromatic rings. The lowest BCUT2D eigenvalue weighted by Crippen LogP contribution is -2.44. The fourth-order valence-corrected chi connectivity index (χ4v) is 3.68. The van der Waals surface area contributed by atoms with Crippen molar-refractivity contribution < 1.29 is 18.3 Å². The molecule has 0 amide bonds. The van der Waals surface area contributed by atoms with E-state index in [1.165, 1.54) is 12.5 Å². The average molecular weight is 273 g/mol. The number of nitrogens with zero attached hydrogens (tertiary/aromatic N) is 2. The van der Waals surface area contributed by atoms with E-state index in [-0.39, 0.29) is 11.6 Å². The number of aliphatic carboxylic acids is 1. The van der Waals surface area contributed by atoms with Crippen LogP contribution in [0, 0.1) is 0 Å². The van der Waals surface area contributed by atoms with Gasteiger partial charge in [-0.1, -0.05) is 12.8 Å². The van der Waals surface area contributed by atoms with Crippen molar-refractivity contribution in [2.24, 2.45) is 0 Å². The molecule has 1 atom stereocenters. The van der Waals surface area contributed by atoms with Gasteiger partial charge in [0.1, 0.15) is 6.04 Å². The van der Waals surface area contributed by atoms with Crippen molar-refractivity contribution in [3.8, 4) is 0 Å². The van der Waals surface area contributed by atoms with Crippen LogP contribution in [-0.2, 0) is 14.8 Å². The number of sulfonamides is 1. The van der Waals surface area contributed by atoms with E-state index in [1.807, 2.05) is 0 Å². The topological polar surface area (TPSA) is 103 Å². The van der Waals surface area contributed by atoms with Gasteiger partial charge in [-0.05, 0) is 12.8 Å². The summed E-state index contributed by atoms with van der Waals surface area (Å²) in [6, 6.07) is -0.985. The Morgan fingerprint density at radius 2 is 2.22 bits per heavy atom. The summed E-state index contributed by atoms with van der Waals surface area (Å²) < 4.78 is 25.7. The Kier molecular flexibility index (Phi) is 3.67. The molecule has 18 heavy (non-hydrogen) atoms. The number of carboxylic acids is 1. The highest BCUT2D eigenvalue weighted by molar-refractivity contribution is 7.89. The molecule has 1 fully saturated rings.